The average Bonchev–Trinajstić information content (AvgIpc) is 2.56. The van der Waals surface area contributed by atoms with E-state index in [9.17, 15) is 16.8 Å². The van der Waals surface area contributed by atoms with Crippen molar-refractivity contribution in [2.45, 2.75) is 47.8 Å². The van der Waals surface area contributed by atoms with E-state index in [0.29, 0.717) is 5.92 Å². The first-order valence-electron chi connectivity index (χ1n) is 6.33. The van der Waals surface area contributed by atoms with Crippen LogP contribution in [0.1, 0.15) is 43.6 Å². The van der Waals surface area contributed by atoms with Crippen LogP contribution in [0.3, 0.4) is 0 Å². The SMILES string of the molecule is O=S1(=O)NS(=O)(=O)c2cc(C3CCCCC3)ccc21. The minimum absolute atomic E-state index is 0.101. The van der Waals surface area contributed by atoms with E-state index in [4.69, 9.17) is 0 Å². The van der Waals surface area contributed by atoms with Gasteiger partial charge in [0.25, 0.3) is 20.0 Å². The number of sulfonamides is 2. The predicted molar refractivity (Wildman–Crippen MR) is 69.8 cm³/mol. The normalized spacial score (nSPS) is 25.1. The van der Waals surface area contributed by atoms with Gasteiger partial charge in [0.05, 0.1) is 0 Å². The van der Waals surface area contributed by atoms with Crippen molar-refractivity contribution >= 4 is 20.0 Å². The highest BCUT2D eigenvalue weighted by Gasteiger charge is 2.38. The molecule has 1 fully saturated rings. The molecule has 0 unspecified atom stereocenters. The second kappa shape index (κ2) is 4.29. The molecule has 7 heteroatoms. The van der Waals surface area contributed by atoms with Crippen LogP contribution in [-0.4, -0.2) is 16.8 Å². The first-order valence-corrected chi connectivity index (χ1v) is 9.29. The Bertz CT molecular complexity index is 716. The minimum atomic E-state index is -3.91. The van der Waals surface area contributed by atoms with Crippen LogP contribution in [0.5, 0.6) is 0 Å². The van der Waals surface area contributed by atoms with Crippen molar-refractivity contribution < 1.29 is 16.8 Å². The van der Waals surface area contributed by atoms with Gasteiger partial charge < -0.3 is 0 Å². The maximum absolute atomic E-state index is 11.8. The Morgan fingerprint density at radius 3 is 2.21 bits per heavy atom. The molecule has 0 saturated heterocycles. The maximum Gasteiger partial charge on any atom is 0.255 e. The summed E-state index contributed by atoms with van der Waals surface area (Å²) in [7, 11) is -7.81. The molecule has 0 amide bonds. The largest absolute Gasteiger partial charge is 0.255 e. The topological polar surface area (TPSA) is 80.3 Å². The standard InChI is InChI=1S/C12H15NO4S2/c14-18(15)11-7-6-10(9-4-2-1-3-5-9)8-12(11)19(16,17)13-18/h6-9,13H,1-5H2. The Morgan fingerprint density at radius 2 is 1.53 bits per heavy atom. The molecular formula is C12H15NO4S2. The summed E-state index contributed by atoms with van der Waals surface area (Å²) in [4.78, 5) is -0.234. The summed E-state index contributed by atoms with van der Waals surface area (Å²) < 4.78 is 48.7. The van der Waals surface area contributed by atoms with Gasteiger partial charge in [-0.25, -0.2) is 16.8 Å². The third-order valence-corrected chi connectivity index (χ3v) is 7.58. The minimum Gasteiger partial charge on any atom is -0.206 e. The first-order chi connectivity index (χ1) is 8.90. The Morgan fingerprint density at radius 1 is 0.895 bits per heavy atom. The van der Waals surface area contributed by atoms with Crippen LogP contribution in [-0.2, 0) is 20.0 Å². The summed E-state index contributed by atoms with van der Waals surface area (Å²) in [5.41, 5.74) is 0.931. The number of benzene rings is 1. The molecule has 0 aromatic heterocycles. The lowest BCUT2D eigenvalue weighted by atomic mass is 9.84. The van der Waals surface area contributed by atoms with Crippen molar-refractivity contribution in [2.24, 2.45) is 0 Å². The lowest BCUT2D eigenvalue weighted by molar-refractivity contribution is 0.443. The molecule has 1 aliphatic carbocycles. The molecule has 0 atom stereocenters. The highest BCUT2D eigenvalue weighted by molar-refractivity contribution is 8.07. The molecular weight excluding hydrogens is 286 g/mol. The molecule has 5 nitrogen and oxygen atoms in total. The molecule has 1 saturated carbocycles. The van der Waals surface area contributed by atoms with Crippen LogP contribution in [0.15, 0.2) is 28.0 Å². The quantitative estimate of drug-likeness (QED) is 0.856. The molecule has 0 spiro atoms. The van der Waals surface area contributed by atoms with E-state index in [1.807, 2.05) is 0 Å². The lowest BCUT2D eigenvalue weighted by Gasteiger charge is -2.22. The molecule has 1 aliphatic heterocycles. The van der Waals surface area contributed by atoms with Gasteiger partial charge >= 0.3 is 0 Å². The first kappa shape index (κ1) is 13.1. The van der Waals surface area contributed by atoms with Gasteiger partial charge in [-0.1, -0.05) is 25.3 Å². The van der Waals surface area contributed by atoms with Gasteiger partial charge in [-0.2, -0.15) is 0 Å². The Hall–Kier alpha value is -0.920. The molecule has 1 aromatic carbocycles. The second-order valence-corrected chi connectivity index (χ2v) is 8.69. The summed E-state index contributed by atoms with van der Waals surface area (Å²) in [5, 5.41) is 0. The summed E-state index contributed by atoms with van der Waals surface area (Å²) in [6, 6.07) is 4.68. The molecule has 1 heterocycles. The van der Waals surface area contributed by atoms with Crippen molar-refractivity contribution in [1.82, 2.24) is 4.13 Å². The third-order valence-electron chi connectivity index (χ3n) is 3.84. The van der Waals surface area contributed by atoms with Gasteiger partial charge in [-0.15, -0.1) is 4.13 Å². The van der Waals surface area contributed by atoms with Crippen LogP contribution in [0.4, 0.5) is 0 Å². The van der Waals surface area contributed by atoms with Crippen LogP contribution >= 0.6 is 0 Å². The van der Waals surface area contributed by atoms with E-state index in [1.54, 1.807) is 10.2 Å². The van der Waals surface area contributed by atoms with E-state index in [1.165, 1.54) is 18.6 Å². The Labute approximate surface area is 113 Å². The summed E-state index contributed by atoms with van der Waals surface area (Å²) in [5.74, 6) is 0.345. The van der Waals surface area contributed by atoms with Crippen molar-refractivity contribution in [3.8, 4) is 0 Å². The van der Waals surface area contributed by atoms with Crippen molar-refractivity contribution in [3.63, 3.8) is 0 Å². The van der Waals surface area contributed by atoms with Gasteiger partial charge in [0.1, 0.15) is 9.79 Å². The molecule has 104 valence electrons. The summed E-state index contributed by atoms with van der Waals surface area (Å²) in [6.07, 6.45) is 5.59. The van der Waals surface area contributed by atoms with Crippen molar-refractivity contribution in [2.75, 3.05) is 0 Å². The lowest BCUT2D eigenvalue weighted by Crippen LogP contribution is -2.21. The van der Waals surface area contributed by atoms with Gasteiger partial charge in [0.2, 0.25) is 0 Å². The molecule has 0 bridgehead atoms. The fourth-order valence-corrected chi connectivity index (χ4v) is 6.61. The van der Waals surface area contributed by atoms with Crippen LogP contribution in [0.25, 0.3) is 0 Å². The smallest absolute Gasteiger partial charge is 0.206 e. The highest BCUT2D eigenvalue weighted by atomic mass is 32.3. The molecule has 0 radical (unpaired) electrons. The summed E-state index contributed by atoms with van der Waals surface area (Å²) in [6.45, 7) is 0. The van der Waals surface area contributed by atoms with E-state index in [0.717, 1.165) is 31.2 Å². The third kappa shape index (κ3) is 2.19. The van der Waals surface area contributed by atoms with E-state index >= 15 is 0 Å². The van der Waals surface area contributed by atoms with E-state index < -0.39 is 20.0 Å². The van der Waals surface area contributed by atoms with Gasteiger partial charge in [0.15, 0.2) is 0 Å². The molecule has 19 heavy (non-hydrogen) atoms. The molecule has 3 rings (SSSR count). The zero-order chi connectivity index (χ0) is 13.7. The van der Waals surface area contributed by atoms with E-state index in [-0.39, 0.29) is 9.79 Å². The van der Waals surface area contributed by atoms with Gasteiger partial charge in [0, 0.05) is 0 Å². The van der Waals surface area contributed by atoms with E-state index in [2.05, 4.69) is 0 Å². The van der Waals surface area contributed by atoms with Crippen LogP contribution in [0.2, 0.25) is 0 Å². The highest BCUT2D eigenvalue weighted by Crippen LogP contribution is 2.36. The Kier molecular flexibility index (Phi) is 2.95. The zero-order valence-corrected chi connectivity index (χ0v) is 11.9. The summed E-state index contributed by atoms with van der Waals surface area (Å²) >= 11 is 0. The Balaban J connectivity index is 2.10. The van der Waals surface area contributed by atoms with Crippen LogP contribution < -0.4 is 4.13 Å². The number of hydrogen-bond donors (Lipinski definition) is 1. The fraction of sp³-hybridized carbons (Fsp3) is 0.500. The molecule has 1 aromatic rings. The second-order valence-electron chi connectivity index (χ2n) is 5.13. The molecule has 1 N–H and O–H groups in total. The zero-order valence-electron chi connectivity index (χ0n) is 10.3. The number of rotatable bonds is 1. The fourth-order valence-electron chi connectivity index (χ4n) is 2.88. The average molecular weight is 301 g/mol. The maximum atomic E-state index is 11.8. The monoisotopic (exact) mass is 301 g/mol. The predicted octanol–water partition coefficient (Wildman–Crippen LogP) is 1.71. The van der Waals surface area contributed by atoms with Crippen LogP contribution in [0, 0.1) is 0 Å². The number of hydrogen-bond acceptors (Lipinski definition) is 4. The van der Waals surface area contributed by atoms with Crippen molar-refractivity contribution in [1.29, 1.82) is 0 Å². The number of fused-ring (bicyclic) bond motifs is 1. The van der Waals surface area contributed by atoms with Gasteiger partial charge in [-0.05, 0) is 36.5 Å². The number of nitrogens with one attached hydrogen (secondary N) is 1. The molecule has 2 aliphatic rings. The van der Waals surface area contributed by atoms with Gasteiger partial charge in [-0.3, -0.25) is 0 Å². The van der Waals surface area contributed by atoms with Crippen molar-refractivity contribution in [3.05, 3.63) is 23.8 Å².